The molecule has 0 aliphatic carbocycles. The molecule has 1 nitrogen and oxygen atoms in total. The maximum absolute atomic E-state index is 12.2. The van der Waals surface area contributed by atoms with E-state index in [0.717, 1.165) is 6.08 Å². The second-order valence-electron chi connectivity index (χ2n) is 2.31. The number of hydrogen-bond acceptors (Lipinski definition) is 1. The van der Waals surface area contributed by atoms with Crippen molar-refractivity contribution >= 4 is 43.1 Å². The number of alkyl halides is 3. The van der Waals surface area contributed by atoms with Crippen LogP contribution in [0.4, 0.5) is 13.2 Å². The third-order valence-corrected chi connectivity index (χ3v) is 3.67. The first-order valence-electron chi connectivity index (χ1n) is 3.25. The minimum atomic E-state index is -4.28. The van der Waals surface area contributed by atoms with Crippen molar-refractivity contribution in [3.05, 3.63) is 21.3 Å². The van der Waals surface area contributed by atoms with Gasteiger partial charge in [0, 0.05) is 3.58 Å². The van der Waals surface area contributed by atoms with E-state index in [1.165, 1.54) is 6.08 Å². The Kier molecular flexibility index (Phi) is 3.56. The van der Waals surface area contributed by atoms with E-state index in [2.05, 4.69) is 20.9 Å². The maximum Gasteiger partial charge on any atom is 0.414 e. The molecule has 1 heterocycles. The van der Waals surface area contributed by atoms with Crippen molar-refractivity contribution in [2.75, 3.05) is 6.54 Å². The molecule has 1 aliphatic heterocycles. The number of halogens is 5. The van der Waals surface area contributed by atoms with Crippen LogP contribution in [0.25, 0.3) is 0 Å². The molecular formula is C7H4BrF3IN. The van der Waals surface area contributed by atoms with Gasteiger partial charge in [0.25, 0.3) is 0 Å². The number of rotatable bonds is 0. The van der Waals surface area contributed by atoms with Gasteiger partial charge in [-0.2, -0.15) is 13.2 Å². The first-order chi connectivity index (χ1) is 5.91. The molecule has 0 aromatic heterocycles. The monoisotopic (exact) mass is 365 g/mol. The summed E-state index contributed by atoms with van der Waals surface area (Å²) in [5.74, 6) is 0. The van der Waals surface area contributed by atoms with E-state index in [-0.39, 0.29) is 6.54 Å². The van der Waals surface area contributed by atoms with Crippen LogP contribution in [0.1, 0.15) is 0 Å². The van der Waals surface area contributed by atoms with Gasteiger partial charge in [-0.1, -0.05) is 6.08 Å². The van der Waals surface area contributed by atoms with Crippen molar-refractivity contribution in [3.8, 4) is 0 Å². The van der Waals surface area contributed by atoms with E-state index in [9.17, 15) is 13.2 Å². The summed E-state index contributed by atoms with van der Waals surface area (Å²) in [6.45, 7) is -0.326. The lowest BCUT2D eigenvalue weighted by Crippen LogP contribution is -2.13. The summed E-state index contributed by atoms with van der Waals surface area (Å²) in [5, 5.41) is 0. The van der Waals surface area contributed by atoms with Crippen molar-refractivity contribution in [2.24, 2.45) is 4.99 Å². The average molecular weight is 366 g/mol. The van der Waals surface area contributed by atoms with Crippen LogP contribution >= 0.6 is 38.5 Å². The highest BCUT2D eigenvalue weighted by Crippen LogP contribution is 2.28. The number of nitrogens with zero attached hydrogens (tertiary/aromatic N) is 1. The van der Waals surface area contributed by atoms with Crippen LogP contribution in [0.2, 0.25) is 0 Å². The minimum Gasteiger partial charge on any atom is -0.272 e. The highest BCUT2D eigenvalue weighted by atomic mass is 127. The maximum atomic E-state index is 12.2. The Morgan fingerprint density at radius 3 is 2.54 bits per heavy atom. The van der Waals surface area contributed by atoms with Gasteiger partial charge in [-0.15, -0.1) is 0 Å². The zero-order valence-corrected chi connectivity index (χ0v) is 9.94. The summed E-state index contributed by atoms with van der Waals surface area (Å²) in [4.78, 5) is 3.72. The lowest BCUT2D eigenvalue weighted by molar-refractivity contribution is -0.0920. The predicted molar refractivity (Wildman–Crippen MR) is 57.5 cm³/mol. The summed E-state index contributed by atoms with van der Waals surface area (Å²) >= 11 is 4.99. The molecule has 0 atom stereocenters. The van der Waals surface area contributed by atoms with Gasteiger partial charge < -0.3 is 0 Å². The van der Waals surface area contributed by atoms with Gasteiger partial charge in [-0.25, -0.2) is 0 Å². The van der Waals surface area contributed by atoms with Crippen molar-refractivity contribution < 1.29 is 13.2 Å². The van der Waals surface area contributed by atoms with E-state index in [1.807, 2.05) is 22.6 Å². The van der Waals surface area contributed by atoms with E-state index in [4.69, 9.17) is 0 Å². The van der Waals surface area contributed by atoms with E-state index in [0.29, 0.717) is 8.20 Å². The third kappa shape index (κ3) is 3.08. The van der Waals surface area contributed by atoms with Gasteiger partial charge in [0.15, 0.2) is 0 Å². The highest BCUT2D eigenvalue weighted by molar-refractivity contribution is 14.1. The van der Waals surface area contributed by atoms with Crippen LogP contribution in [0.3, 0.4) is 0 Å². The normalized spacial score (nSPS) is 18.7. The average Bonchev–Trinajstić information content (AvgIpc) is 2.14. The number of aliphatic imine (C=N–C) groups is 1. The Morgan fingerprint density at radius 1 is 1.38 bits per heavy atom. The summed E-state index contributed by atoms with van der Waals surface area (Å²) in [6, 6.07) is 0. The molecule has 0 N–H and O–H groups in total. The van der Waals surface area contributed by atoms with E-state index < -0.39 is 11.7 Å². The van der Waals surface area contributed by atoms with Crippen LogP contribution < -0.4 is 0 Å². The van der Waals surface area contributed by atoms with Gasteiger partial charge in [0.05, 0.1) is 12.1 Å². The molecule has 13 heavy (non-hydrogen) atoms. The van der Waals surface area contributed by atoms with E-state index >= 15 is 0 Å². The van der Waals surface area contributed by atoms with Crippen LogP contribution in [-0.4, -0.2) is 17.3 Å². The second-order valence-corrected chi connectivity index (χ2v) is 4.22. The Labute approximate surface area is 95.1 Å². The lowest BCUT2D eigenvalue weighted by atomic mass is 10.2. The largest absolute Gasteiger partial charge is 0.414 e. The smallest absolute Gasteiger partial charge is 0.272 e. The third-order valence-electron chi connectivity index (χ3n) is 1.38. The molecule has 0 bridgehead atoms. The van der Waals surface area contributed by atoms with Gasteiger partial charge in [0.2, 0.25) is 0 Å². The molecule has 0 aromatic rings. The zero-order valence-electron chi connectivity index (χ0n) is 6.20. The molecule has 0 saturated carbocycles. The molecule has 0 saturated heterocycles. The summed E-state index contributed by atoms with van der Waals surface area (Å²) in [6.07, 6.45) is -1.84. The van der Waals surface area contributed by atoms with Crippen molar-refractivity contribution in [2.45, 2.75) is 6.18 Å². The first kappa shape index (κ1) is 11.2. The van der Waals surface area contributed by atoms with Crippen molar-refractivity contribution in [3.63, 3.8) is 0 Å². The molecule has 0 unspecified atom stereocenters. The number of allylic oxidation sites excluding steroid dienone is 3. The first-order valence-corrected chi connectivity index (χ1v) is 5.12. The molecule has 0 spiro atoms. The van der Waals surface area contributed by atoms with Crippen molar-refractivity contribution in [1.29, 1.82) is 0 Å². The summed E-state index contributed by atoms with van der Waals surface area (Å²) in [7, 11) is 0. The van der Waals surface area contributed by atoms with Crippen molar-refractivity contribution in [1.82, 2.24) is 0 Å². The fourth-order valence-corrected chi connectivity index (χ4v) is 1.32. The molecule has 0 aromatic carbocycles. The summed E-state index contributed by atoms with van der Waals surface area (Å²) < 4.78 is 37.7. The molecule has 6 heteroatoms. The van der Waals surface area contributed by atoms with Gasteiger partial charge in [-0.3, -0.25) is 4.99 Å². The molecular weight excluding hydrogens is 362 g/mol. The fourth-order valence-electron chi connectivity index (χ4n) is 0.709. The molecule has 1 aliphatic rings. The topological polar surface area (TPSA) is 12.4 Å². The van der Waals surface area contributed by atoms with E-state index in [1.54, 1.807) is 0 Å². The standard InChI is InChI=1S/C7H4BrF3IN/c8-6-5(12)2-1-4(3-13-6)7(9,10)11/h1-2H,3H2. The molecule has 1 rings (SSSR count). The molecule has 72 valence electrons. The van der Waals surface area contributed by atoms with Crippen LogP contribution in [-0.2, 0) is 0 Å². The van der Waals surface area contributed by atoms with Gasteiger partial charge in [0.1, 0.15) is 4.62 Å². The molecule has 0 amide bonds. The van der Waals surface area contributed by atoms with Crippen LogP contribution in [0.15, 0.2) is 26.3 Å². The SMILES string of the molecule is FC(F)(F)C1=CC=C(I)C(Br)=NC1. The Hall–Kier alpha value is 0.150. The number of hydrogen-bond donors (Lipinski definition) is 0. The lowest BCUT2D eigenvalue weighted by Gasteiger charge is -2.06. The van der Waals surface area contributed by atoms with Gasteiger partial charge >= 0.3 is 6.18 Å². The Bertz CT molecular complexity index is 303. The predicted octanol–water partition coefficient (Wildman–Crippen LogP) is 3.60. The van der Waals surface area contributed by atoms with Gasteiger partial charge in [-0.05, 0) is 44.6 Å². The molecule has 0 radical (unpaired) electrons. The zero-order chi connectivity index (χ0) is 10.1. The minimum absolute atomic E-state index is 0.326. The quantitative estimate of drug-likeness (QED) is 0.582. The van der Waals surface area contributed by atoms with Crippen LogP contribution in [0, 0.1) is 0 Å². The highest BCUT2D eigenvalue weighted by Gasteiger charge is 2.33. The summed E-state index contributed by atoms with van der Waals surface area (Å²) in [5.41, 5.74) is -0.629. The molecule has 0 fully saturated rings. The Morgan fingerprint density at radius 2 is 2.00 bits per heavy atom. The Balaban J connectivity index is 2.96. The van der Waals surface area contributed by atoms with Crippen LogP contribution in [0.5, 0.6) is 0 Å². The fraction of sp³-hybridized carbons (Fsp3) is 0.286. The second kappa shape index (κ2) is 4.12.